The molecule has 25 heavy (non-hydrogen) atoms. The van der Waals surface area contributed by atoms with Crippen molar-refractivity contribution in [2.45, 2.75) is 42.9 Å². The van der Waals surface area contributed by atoms with E-state index in [0.29, 0.717) is 20.0 Å². The maximum Gasteiger partial charge on any atom is 0.426 e. The molecule has 1 saturated heterocycles. The summed E-state index contributed by atoms with van der Waals surface area (Å²) in [5, 5.41) is 11.2. The Balaban J connectivity index is 2.13. The highest BCUT2D eigenvalue weighted by Gasteiger charge is 2.55. The van der Waals surface area contributed by atoms with E-state index in [0.717, 1.165) is 19.3 Å². The lowest BCUT2D eigenvalue weighted by atomic mass is 10.1. The summed E-state index contributed by atoms with van der Waals surface area (Å²) >= 11 is 0. The molecule has 0 aromatic heterocycles. The van der Waals surface area contributed by atoms with Gasteiger partial charge in [-0.3, -0.25) is 4.79 Å². The number of amides is 1. The molecule has 0 aliphatic carbocycles. The number of hydrogen-bond donors (Lipinski definition) is 2. The van der Waals surface area contributed by atoms with Crippen LogP contribution in [0.25, 0.3) is 0 Å². The minimum atomic E-state index is -5.13. The second-order valence-corrected chi connectivity index (χ2v) is 7.95. The SMILES string of the molecule is C[C@@](O)(C(=O)Nc1ccc(S(=O)(=O)N2CCCCC2)cc1)C(F)(F)F. The molecule has 1 atom stereocenters. The predicted octanol–water partition coefficient (Wildman–Crippen LogP) is 2.11. The Morgan fingerprint density at radius 3 is 2.12 bits per heavy atom. The normalized spacial score (nSPS) is 19.2. The molecule has 0 radical (unpaired) electrons. The smallest absolute Gasteiger partial charge is 0.373 e. The molecule has 1 aromatic rings. The van der Waals surface area contributed by atoms with Crippen LogP contribution < -0.4 is 5.32 Å². The number of benzene rings is 1. The summed E-state index contributed by atoms with van der Waals surface area (Å²) in [5.41, 5.74) is -3.60. The molecule has 1 aromatic carbocycles. The Hall–Kier alpha value is -1.65. The fourth-order valence-corrected chi connectivity index (χ4v) is 3.86. The third kappa shape index (κ3) is 4.13. The van der Waals surface area contributed by atoms with Gasteiger partial charge >= 0.3 is 6.18 Å². The van der Waals surface area contributed by atoms with Crippen LogP contribution in [0.15, 0.2) is 29.2 Å². The number of sulfonamides is 1. The van der Waals surface area contributed by atoms with Crippen molar-refractivity contribution in [1.82, 2.24) is 4.31 Å². The Bertz CT molecular complexity index is 724. The zero-order valence-electron chi connectivity index (χ0n) is 13.5. The first-order valence-electron chi connectivity index (χ1n) is 7.67. The van der Waals surface area contributed by atoms with Crippen molar-refractivity contribution >= 4 is 21.6 Å². The van der Waals surface area contributed by atoms with Crippen molar-refractivity contribution in [2.75, 3.05) is 18.4 Å². The number of rotatable bonds is 4. The average molecular weight is 380 g/mol. The number of piperidine rings is 1. The minimum Gasteiger partial charge on any atom is -0.373 e. The summed E-state index contributed by atoms with van der Waals surface area (Å²) in [6.45, 7) is 1.20. The van der Waals surface area contributed by atoms with Crippen LogP contribution in [0, 0.1) is 0 Å². The number of carbonyl (C=O) groups is 1. The largest absolute Gasteiger partial charge is 0.426 e. The van der Waals surface area contributed by atoms with Crippen molar-refractivity contribution in [2.24, 2.45) is 0 Å². The van der Waals surface area contributed by atoms with E-state index in [9.17, 15) is 31.5 Å². The van der Waals surface area contributed by atoms with Gasteiger partial charge in [-0.05, 0) is 44.0 Å². The fraction of sp³-hybridized carbons (Fsp3) is 0.533. The number of halogens is 3. The molecule has 1 aliphatic heterocycles. The van der Waals surface area contributed by atoms with Gasteiger partial charge in [0.15, 0.2) is 0 Å². The third-order valence-electron chi connectivity index (χ3n) is 4.06. The van der Waals surface area contributed by atoms with E-state index < -0.39 is 27.7 Å². The minimum absolute atomic E-state index is 0.00465. The number of anilines is 1. The van der Waals surface area contributed by atoms with E-state index in [1.165, 1.54) is 28.6 Å². The Morgan fingerprint density at radius 1 is 1.12 bits per heavy atom. The molecule has 0 unspecified atom stereocenters. The Kier molecular flexibility index (Phi) is 5.45. The van der Waals surface area contributed by atoms with Gasteiger partial charge in [0.1, 0.15) is 0 Å². The summed E-state index contributed by atoms with van der Waals surface area (Å²) in [6, 6.07) is 4.78. The summed E-state index contributed by atoms with van der Waals surface area (Å²) in [6.07, 6.45) is -2.61. The number of nitrogens with zero attached hydrogens (tertiary/aromatic N) is 1. The molecule has 1 aliphatic rings. The number of alkyl halides is 3. The molecule has 0 bridgehead atoms. The fourth-order valence-electron chi connectivity index (χ4n) is 2.35. The third-order valence-corrected chi connectivity index (χ3v) is 5.97. The number of carbonyl (C=O) groups excluding carboxylic acids is 1. The van der Waals surface area contributed by atoms with E-state index in [1.54, 1.807) is 0 Å². The lowest BCUT2D eigenvalue weighted by Crippen LogP contribution is -2.52. The molecule has 2 N–H and O–H groups in total. The van der Waals surface area contributed by atoms with Crippen LogP contribution in [0.4, 0.5) is 18.9 Å². The number of nitrogens with one attached hydrogen (secondary N) is 1. The standard InChI is InChI=1S/C15H19F3N2O4S/c1-14(22,15(16,17)18)13(21)19-11-5-7-12(8-6-11)25(23,24)20-9-3-2-4-10-20/h5-8,22H,2-4,9-10H2,1H3,(H,19,21)/t14-/m1/s1. The predicted molar refractivity (Wildman–Crippen MR) is 84.4 cm³/mol. The van der Waals surface area contributed by atoms with E-state index in [-0.39, 0.29) is 10.6 Å². The molecule has 2 rings (SSSR count). The quantitative estimate of drug-likeness (QED) is 0.838. The van der Waals surface area contributed by atoms with Crippen LogP contribution >= 0.6 is 0 Å². The molecule has 0 saturated carbocycles. The molecule has 0 spiro atoms. The van der Waals surface area contributed by atoms with Gasteiger partial charge < -0.3 is 10.4 Å². The van der Waals surface area contributed by atoms with E-state index in [1.807, 2.05) is 5.32 Å². The van der Waals surface area contributed by atoms with E-state index in [4.69, 9.17) is 0 Å². The first-order chi connectivity index (χ1) is 11.5. The van der Waals surface area contributed by atoms with Crippen molar-refractivity contribution < 1.29 is 31.5 Å². The van der Waals surface area contributed by atoms with Crippen molar-refractivity contribution in [3.8, 4) is 0 Å². The summed E-state index contributed by atoms with van der Waals surface area (Å²) in [5.74, 6) is -1.65. The van der Waals surface area contributed by atoms with Gasteiger partial charge in [-0.15, -0.1) is 0 Å². The number of aliphatic hydroxyl groups is 1. The van der Waals surface area contributed by atoms with E-state index in [2.05, 4.69) is 0 Å². The zero-order chi connectivity index (χ0) is 18.9. The van der Waals surface area contributed by atoms with Crippen LogP contribution in [0.2, 0.25) is 0 Å². The van der Waals surface area contributed by atoms with E-state index >= 15 is 0 Å². The van der Waals surface area contributed by atoms with Crippen LogP contribution in [-0.2, 0) is 14.8 Å². The molecular formula is C15H19F3N2O4S. The highest BCUT2D eigenvalue weighted by molar-refractivity contribution is 7.89. The molecule has 10 heteroatoms. The van der Waals surface area contributed by atoms with Gasteiger partial charge in [-0.2, -0.15) is 17.5 Å². The summed E-state index contributed by atoms with van der Waals surface area (Å²) in [4.78, 5) is 11.6. The summed E-state index contributed by atoms with van der Waals surface area (Å²) < 4.78 is 64.1. The lowest BCUT2D eigenvalue weighted by molar-refractivity contribution is -0.242. The van der Waals surface area contributed by atoms with Crippen LogP contribution in [0.5, 0.6) is 0 Å². The molecule has 1 amide bonds. The van der Waals surface area contributed by atoms with Gasteiger partial charge in [0, 0.05) is 18.8 Å². The first kappa shape index (κ1) is 19.7. The van der Waals surface area contributed by atoms with Gasteiger partial charge in [0.2, 0.25) is 15.6 Å². The van der Waals surface area contributed by atoms with Crippen LogP contribution in [0.3, 0.4) is 0 Å². The monoisotopic (exact) mass is 380 g/mol. The van der Waals surface area contributed by atoms with Gasteiger partial charge in [0.25, 0.3) is 5.91 Å². The van der Waals surface area contributed by atoms with Crippen molar-refractivity contribution in [1.29, 1.82) is 0 Å². The van der Waals surface area contributed by atoms with Crippen LogP contribution in [-0.4, -0.2) is 48.6 Å². The maximum absolute atomic E-state index is 12.6. The van der Waals surface area contributed by atoms with Gasteiger partial charge in [0.05, 0.1) is 4.90 Å². The Labute approximate surface area is 143 Å². The highest BCUT2D eigenvalue weighted by Crippen LogP contribution is 2.31. The molecule has 140 valence electrons. The lowest BCUT2D eigenvalue weighted by Gasteiger charge is -2.26. The zero-order valence-corrected chi connectivity index (χ0v) is 14.3. The second kappa shape index (κ2) is 6.93. The maximum atomic E-state index is 12.6. The molecule has 1 heterocycles. The molecular weight excluding hydrogens is 361 g/mol. The van der Waals surface area contributed by atoms with Crippen molar-refractivity contribution in [3.63, 3.8) is 0 Å². The molecule has 6 nitrogen and oxygen atoms in total. The second-order valence-electron chi connectivity index (χ2n) is 6.01. The van der Waals surface area contributed by atoms with Crippen molar-refractivity contribution in [3.05, 3.63) is 24.3 Å². The highest BCUT2D eigenvalue weighted by atomic mass is 32.2. The number of hydrogen-bond acceptors (Lipinski definition) is 4. The summed E-state index contributed by atoms with van der Waals surface area (Å²) in [7, 11) is -3.67. The average Bonchev–Trinajstić information content (AvgIpc) is 2.55. The Morgan fingerprint density at radius 2 is 1.64 bits per heavy atom. The first-order valence-corrected chi connectivity index (χ1v) is 9.11. The van der Waals surface area contributed by atoms with Gasteiger partial charge in [-0.25, -0.2) is 8.42 Å². The van der Waals surface area contributed by atoms with Gasteiger partial charge in [-0.1, -0.05) is 6.42 Å². The topological polar surface area (TPSA) is 86.7 Å². The molecule has 1 fully saturated rings. The van der Waals surface area contributed by atoms with Crippen LogP contribution in [0.1, 0.15) is 26.2 Å².